The Morgan fingerprint density at radius 2 is 1.64 bits per heavy atom. The number of aromatic nitrogens is 2. The largest absolute Gasteiger partial charge is 0.490 e. The Morgan fingerprint density at radius 1 is 0.889 bits per heavy atom. The predicted octanol–water partition coefficient (Wildman–Crippen LogP) is 7.13. The number of thiocarbonyl (C=S) groups is 1. The first-order valence-corrected chi connectivity index (χ1v) is 13.6. The van der Waals surface area contributed by atoms with Crippen molar-refractivity contribution in [3.63, 3.8) is 0 Å². The molecule has 36 heavy (non-hydrogen) atoms. The van der Waals surface area contributed by atoms with Crippen LogP contribution in [0, 0.1) is 0 Å². The van der Waals surface area contributed by atoms with Gasteiger partial charge in [-0.3, -0.25) is 4.98 Å². The first-order chi connectivity index (χ1) is 17.7. The molecule has 1 aliphatic carbocycles. The van der Waals surface area contributed by atoms with Crippen molar-refractivity contribution >= 4 is 38.9 Å². The molecule has 1 N–H and O–H groups in total. The topological polar surface area (TPSA) is 42.3 Å². The van der Waals surface area contributed by atoms with Crippen molar-refractivity contribution in [1.82, 2.24) is 14.9 Å². The number of rotatable bonds is 6. The summed E-state index contributed by atoms with van der Waals surface area (Å²) in [6.45, 7) is 0. The van der Waals surface area contributed by atoms with E-state index in [0.717, 1.165) is 45.8 Å². The van der Waals surface area contributed by atoms with Crippen LogP contribution >= 0.6 is 28.1 Å². The van der Waals surface area contributed by atoms with Gasteiger partial charge in [0.2, 0.25) is 0 Å². The average molecular weight is 560 g/mol. The van der Waals surface area contributed by atoms with E-state index >= 15 is 0 Å². The lowest BCUT2D eigenvalue weighted by Crippen LogP contribution is -2.30. The van der Waals surface area contributed by atoms with Crippen LogP contribution in [0.5, 0.6) is 5.75 Å². The minimum Gasteiger partial charge on any atom is -0.490 e. The summed E-state index contributed by atoms with van der Waals surface area (Å²) in [4.78, 5) is 6.89. The highest BCUT2D eigenvalue weighted by molar-refractivity contribution is 9.10. The van der Waals surface area contributed by atoms with Gasteiger partial charge in [0.1, 0.15) is 11.8 Å². The lowest BCUT2D eigenvalue weighted by atomic mass is 10.0. The maximum Gasteiger partial charge on any atom is 0.174 e. The smallest absolute Gasteiger partial charge is 0.174 e. The summed E-state index contributed by atoms with van der Waals surface area (Å²) in [6, 6.07) is 26.8. The van der Waals surface area contributed by atoms with E-state index in [1.165, 1.54) is 12.8 Å². The standard InChI is InChI=1S/C29H27BrN4OS/c30-20-10-12-21(13-11-20)33-19-5-9-26(33)28-27(25-8-3-4-18-31-25)32-29(36)34(28)22-14-16-24(17-15-22)35-23-6-1-2-7-23/h3-5,8-19,23,27-28H,1-2,6-7H2,(H,32,36)/t27-,28+/m0/s1. The van der Waals surface area contributed by atoms with Crippen molar-refractivity contribution in [2.24, 2.45) is 0 Å². The van der Waals surface area contributed by atoms with Crippen molar-refractivity contribution in [3.8, 4) is 11.4 Å². The molecule has 2 fully saturated rings. The van der Waals surface area contributed by atoms with E-state index in [-0.39, 0.29) is 12.1 Å². The van der Waals surface area contributed by atoms with Gasteiger partial charge in [0.05, 0.1) is 17.8 Å². The van der Waals surface area contributed by atoms with Gasteiger partial charge >= 0.3 is 0 Å². The van der Waals surface area contributed by atoms with Gasteiger partial charge in [0.15, 0.2) is 5.11 Å². The number of ether oxygens (including phenoxy) is 1. The molecule has 3 heterocycles. The summed E-state index contributed by atoms with van der Waals surface area (Å²) >= 11 is 9.47. The van der Waals surface area contributed by atoms with Gasteiger partial charge < -0.3 is 19.5 Å². The molecule has 2 aromatic heterocycles. The van der Waals surface area contributed by atoms with Crippen molar-refractivity contribution in [1.29, 1.82) is 0 Å². The van der Waals surface area contributed by atoms with E-state index in [9.17, 15) is 0 Å². The zero-order valence-corrected chi connectivity index (χ0v) is 22.2. The molecule has 6 rings (SSSR count). The number of benzene rings is 2. The fourth-order valence-corrected chi connectivity index (χ4v) is 5.90. The Balaban J connectivity index is 1.39. The van der Waals surface area contributed by atoms with Crippen LogP contribution in [0.1, 0.15) is 49.2 Å². The summed E-state index contributed by atoms with van der Waals surface area (Å²) in [6.07, 6.45) is 9.07. The van der Waals surface area contributed by atoms with Crippen molar-refractivity contribution in [2.75, 3.05) is 4.90 Å². The third-order valence-corrected chi connectivity index (χ3v) is 7.85. The average Bonchev–Trinajstić information content (AvgIpc) is 3.66. The third kappa shape index (κ3) is 4.53. The van der Waals surface area contributed by atoms with Gasteiger partial charge in [-0.25, -0.2) is 0 Å². The highest BCUT2D eigenvalue weighted by atomic mass is 79.9. The first kappa shape index (κ1) is 23.3. The lowest BCUT2D eigenvalue weighted by molar-refractivity contribution is 0.210. The molecule has 5 nitrogen and oxygen atoms in total. The highest BCUT2D eigenvalue weighted by Crippen LogP contribution is 2.42. The number of nitrogens with one attached hydrogen (secondary N) is 1. The summed E-state index contributed by atoms with van der Waals surface area (Å²) < 4.78 is 9.49. The van der Waals surface area contributed by atoms with Gasteiger partial charge in [-0.15, -0.1) is 0 Å². The summed E-state index contributed by atoms with van der Waals surface area (Å²) in [5.74, 6) is 0.916. The summed E-state index contributed by atoms with van der Waals surface area (Å²) in [7, 11) is 0. The van der Waals surface area contributed by atoms with Crippen LogP contribution in [0.15, 0.2) is 95.7 Å². The SMILES string of the molecule is S=C1N[C@@H](c2ccccn2)[C@@H](c2cccn2-c2ccc(Br)cc2)N1c1ccc(OC2CCCC2)cc1. The van der Waals surface area contributed by atoms with Gasteiger partial charge in [0.25, 0.3) is 0 Å². The van der Waals surface area contributed by atoms with E-state index < -0.39 is 0 Å². The molecule has 1 saturated carbocycles. The van der Waals surface area contributed by atoms with Crippen molar-refractivity contribution < 1.29 is 4.74 Å². The van der Waals surface area contributed by atoms with Crippen LogP contribution in [0.25, 0.3) is 5.69 Å². The summed E-state index contributed by atoms with van der Waals surface area (Å²) in [5, 5.41) is 4.24. The molecule has 7 heteroatoms. The number of nitrogens with zero attached hydrogens (tertiary/aromatic N) is 3. The Kier molecular flexibility index (Phi) is 6.50. The fraction of sp³-hybridized carbons (Fsp3) is 0.241. The van der Waals surface area contributed by atoms with Gasteiger partial charge in [-0.2, -0.15) is 0 Å². The Bertz CT molecular complexity index is 1330. The Hall–Kier alpha value is -3.16. The zero-order valence-electron chi connectivity index (χ0n) is 19.8. The maximum absolute atomic E-state index is 6.21. The van der Waals surface area contributed by atoms with Gasteiger partial charge in [0, 0.05) is 33.9 Å². The van der Waals surface area contributed by atoms with Crippen LogP contribution in [0.3, 0.4) is 0 Å². The molecule has 1 aliphatic heterocycles. The minimum absolute atomic E-state index is 0.0901. The van der Waals surface area contributed by atoms with Crippen molar-refractivity contribution in [3.05, 3.63) is 107 Å². The quantitative estimate of drug-likeness (QED) is 0.255. The number of pyridine rings is 1. The number of halogens is 1. The van der Waals surface area contributed by atoms with Gasteiger partial charge in [-0.1, -0.05) is 22.0 Å². The van der Waals surface area contributed by atoms with Crippen molar-refractivity contribution in [2.45, 2.75) is 43.9 Å². The van der Waals surface area contributed by atoms with Crippen LogP contribution in [0.2, 0.25) is 0 Å². The van der Waals surface area contributed by atoms with Crippen LogP contribution in [0.4, 0.5) is 5.69 Å². The Morgan fingerprint density at radius 3 is 2.36 bits per heavy atom. The third-order valence-electron chi connectivity index (χ3n) is 7.01. The molecule has 0 spiro atoms. The molecular weight excluding hydrogens is 532 g/mol. The number of anilines is 1. The van der Waals surface area contributed by atoms with Crippen LogP contribution in [-0.4, -0.2) is 20.8 Å². The zero-order chi connectivity index (χ0) is 24.5. The molecule has 2 aliphatic rings. The fourth-order valence-electron chi connectivity index (χ4n) is 5.29. The molecule has 2 atom stereocenters. The van der Waals surface area contributed by atoms with Crippen LogP contribution < -0.4 is 15.0 Å². The predicted molar refractivity (Wildman–Crippen MR) is 151 cm³/mol. The number of hydrogen-bond acceptors (Lipinski definition) is 3. The van der Waals surface area contributed by atoms with E-state index in [0.29, 0.717) is 11.2 Å². The molecular formula is C29H27BrN4OS. The second kappa shape index (κ2) is 10.1. The monoisotopic (exact) mass is 558 g/mol. The van der Waals surface area contributed by atoms with E-state index in [1.54, 1.807) is 0 Å². The normalized spacial score (nSPS) is 20.0. The van der Waals surface area contributed by atoms with Crippen LogP contribution in [-0.2, 0) is 0 Å². The molecule has 0 unspecified atom stereocenters. The molecule has 0 amide bonds. The lowest BCUT2D eigenvalue weighted by Gasteiger charge is -2.29. The molecule has 2 aromatic carbocycles. The second-order valence-electron chi connectivity index (χ2n) is 9.29. The summed E-state index contributed by atoms with van der Waals surface area (Å²) in [5.41, 5.74) is 4.21. The molecule has 182 valence electrons. The molecule has 0 bridgehead atoms. The molecule has 1 saturated heterocycles. The molecule has 4 aromatic rings. The minimum atomic E-state index is -0.0998. The Labute approximate surface area is 225 Å². The van der Waals surface area contributed by atoms with E-state index in [1.807, 2.05) is 18.3 Å². The van der Waals surface area contributed by atoms with Gasteiger partial charge in [-0.05, 0) is 111 Å². The first-order valence-electron chi connectivity index (χ1n) is 12.4. The van der Waals surface area contributed by atoms with E-state index in [4.69, 9.17) is 17.0 Å². The van der Waals surface area contributed by atoms with E-state index in [2.05, 4.69) is 109 Å². The molecule has 0 radical (unpaired) electrons. The number of hydrogen-bond donors (Lipinski definition) is 1. The highest BCUT2D eigenvalue weighted by Gasteiger charge is 2.42. The second-order valence-corrected chi connectivity index (χ2v) is 10.6. The maximum atomic E-state index is 6.21.